The maximum atomic E-state index is 13.7. The minimum atomic E-state index is -1.08. The van der Waals surface area contributed by atoms with Crippen molar-refractivity contribution in [1.29, 1.82) is 0 Å². The first kappa shape index (κ1) is 9.76. The van der Waals surface area contributed by atoms with Crippen LogP contribution in [0, 0.1) is 5.82 Å². The molecule has 0 radical (unpaired) electrons. The van der Waals surface area contributed by atoms with E-state index in [4.69, 9.17) is 14.6 Å². The van der Waals surface area contributed by atoms with Crippen molar-refractivity contribution in [3.63, 3.8) is 0 Å². The van der Waals surface area contributed by atoms with Crippen molar-refractivity contribution in [3.8, 4) is 11.5 Å². The first-order valence-electron chi connectivity index (χ1n) is 4.42. The summed E-state index contributed by atoms with van der Waals surface area (Å²) < 4.78 is 23.6. The van der Waals surface area contributed by atoms with Gasteiger partial charge in [-0.1, -0.05) is 6.07 Å². The maximum Gasteiger partial charge on any atom is 0.310 e. The van der Waals surface area contributed by atoms with E-state index in [2.05, 4.69) is 0 Å². The van der Waals surface area contributed by atoms with Crippen LogP contribution in [0.2, 0.25) is 0 Å². The number of carbonyl (C=O) groups is 1. The Morgan fingerprint density at radius 1 is 1.53 bits per heavy atom. The summed E-state index contributed by atoms with van der Waals surface area (Å²) in [4.78, 5) is 10.7. The van der Waals surface area contributed by atoms with Crippen LogP contribution in [0.3, 0.4) is 0 Å². The molecule has 2 rings (SSSR count). The van der Waals surface area contributed by atoms with Crippen molar-refractivity contribution < 1.29 is 23.8 Å². The Kier molecular flexibility index (Phi) is 2.22. The quantitative estimate of drug-likeness (QED) is 0.811. The van der Waals surface area contributed by atoms with Crippen LogP contribution < -0.4 is 9.47 Å². The first-order chi connectivity index (χ1) is 7.11. The Morgan fingerprint density at radius 3 is 2.93 bits per heavy atom. The van der Waals surface area contributed by atoms with Gasteiger partial charge in [0.25, 0.3) is 0 Å². The van der Waals surface area contributed by atoms with Gasteiger partial charge in [-0.3, -0.25) is 4.79 Å². The van der Waals surface area contributed by atoms with E-state index in [1.54, 1.807) is 0 Å². The molecule has 1 heterocycles. The summed E-state index contributed by atoms with van der Waals surface area (Å²) in [5.41, 5.74) is 0.103. The second-order valence-electron chi connectivity index (χ2n) is 3.26. The van der Waals surface area contributed by atoms with Gasteiger partial charge < -0.3 is 14.6 Å². The number of fused-ring (bicyclic) bond motifs is 1. The minimum Gasteiger partial charge on any atom is -0.481 e. The maximum absolute atomic E-state index is 13.7. The Morgan fingerprint density at radius 2 is 2.27 bits per heavy atom. The molecule has 0 bridgehead atoms. The summed E-state index contributed by atoms with van der Waals surface area (Å²) in [6.45, 7) is 1.39. The second-order valence-corrected chi connectivity index (χ2v) is 3.26. The van der Waals surface area contributed by atoms with E-state index in [0.29, 0.717) is 5.75 Å². The molecule has 1 aromatic carbocycles. The number of halogens is 1. The largest absolute Gasteiger partial charge is 0.481 e. The molecule has 1 aromatic rings. The Bertz CT molecular complexity index is 416. The average molecular weight is 212 g/mol. The molecule has 0 fully saturated rings. The zero-order valence-corrected chi connectivity index (χ0v) is 7.99. The van der Waals surface area contributed by atoms with Gasteiger partial charge in [0.2, 0.25) is 12.5 Å². The molecular formula is C10H9FO4. The number of benzene rings is 1. The third-order valence-electron chi connectivity index (χ3n) is 2.35. The molecule has 15 heavy (non-hydrogen) atoms. The highest BCUT2D eigenvalue weighted by Crippen LogP contribution is 2.38. The van der Waals surface area contributed by atoms with Crippen molar-refractivity contribution in [1.82, 2.24) is 0 Å². The molecule has 1 N–H and O–H groups in total. The van der Waals surface area contributed by atoms with E-state index in [-0.39, 0.29) is 18.1 Å². The van der Waals surface area contributed by atoms with Crippen LogP contribution in [0.5, 0.6) is 11.5 Å². The molecule has 80 valence electrons. The highest BCUT2D eigenvalue weighted by Gasteiger charge is 2.25. The zero-order valence-electron chi connectivity index (χ0n) is 7.99. The van der Waals surface area contributed by atoms with Crippen molar-refractivity contribution >= 4 is 5.97 Å². The van der Waals surface area contributed by atoms with Gasteiger partial charge in [-0.25, -0.2) is 4.39 Å². The van der Waals surface area contributed by atoms with E-state index >= 15 is 0 Å². The third-order valence-corrected chi connectivity index (χ3v) is 2.35. The van der Waals surface area contributed by atoms with Crippen molar-refractivity contribution in [2.45, 2.75) is 12.8 Å². The SMILES string of the molecule is CC(C(=O)O)c1ccc2c(c1F)OCO2. The fraction of sp³-hybridized carbons (Fsp3) is 0.300. The number of carboxylic acid groups (broad SMARTS) is 1. The lowest BCUT2D eigenvalue weighted by atomic mass is 10.0. The standard InChI is InChI=1S/C10H9FO4/c1-5(10(12)13)6-2-3-7-9(8(6)11)15-4-14-7/h2-3,5H,4H2,1H3,(H,12,13). The summed E-state index contributed by atoms with van der Waals surface area (Å²) in [5, 5.41) is 8.77. The molecule has 1 aliphatic rings. The molecule has 0 aliphatic carbocycles. The van der Waals surface area contributed by atoms with Gasteiger partial charge in [-0.2, -0.15) is 0 Å². The van der Waals surface area contributed by atoms with Gasteiger partial charge in [0.05, 0.1) is 5.92 Å². The first-order valence-corrected chi connectivity index (χ1v) is 4.42. The zero-order chi connectivity index (χ0) is 11.0. The number of aliphatic carboxylic acids is 1. The molecule has 0 saturated carbocycles. The van der Waals surface area contributed by atoms with Gasteiger partial charge in [0.15, 0.2) is 11.6 Å². The van der Waals surface area contributed by atoms with Crippen molar-refractivity contribution in [2.24, 2.45) is 0 Å². The monoisotopic (exact) mass is 212 g/mol. The lowest BCUT2D eigenvalue weighted by Gasteiger charge is -2.09. The van der Waals surface area contributed by atoms with E-state index in [9.17, 15) is 9.18 Å². The Labute approximate surface area is 85.2 Å². The molecule has 0 spiro atoms. The lowest BCUT2D eigenvalue weighted by Crippen LogP contribution is -2.09. The summed E-state index contributed by atoms with van der Waals surface area (Å²) in [6.07, 6.45) is 0. The smallest absolute Gasteiger partial charge is 0.310 e. The molecule has 0 aromatic heterocycles. The molecule has 5 heteroatoms. The van der Waals surface area contributed by atoms with E-state index < -0.39 is 17.7 Å². The van der Waals surface area contributed by atoms with Crippen LogP contribution in [0.1, 0.15) is 18.4 Å². The fourth-order valence-electron chi connectivity index (χ4n) is 1.42. The number of ether oxygens (including phenoxy) is 2. The van der Waals surface area contributed by atoms with Crippen LogP contribution in [0.15, 0.2) is 12.1 Å². The molecule has 4 nitrogen and oxygen atoms in total. The topological polar surface area (TPSA) is 55.8 Å². The van der Waals surface area contributed by atoms with Gasteiger partial charge in [0, 0.05) is 5.56 Å². The van der Waals surface area contributed by atoms with Gasteiger partial charge in [-0.05, 0) is 13.0 Å². The normalized spacial score (nSPS) is 15.1. The summed E-state index contributed by atoms with van der Waals surface area (Å²) >= 11 is 0. The predicted molar refractivity (Wildman–Crippen MR) is 48.6 cm³/mol. The van der Waals surface area contributed by atoms with Gasteiger partial charge in [-0.15, -0.1) is 0 Å². The van der Waals surface area contributed by atoms with Crippen LogP contribution in [0.4, 0.5) is 4.39 Å². The molecule has 1 unspecified atom stereocenters. The Balaban J connectivity index is 2.46. The van der Waals surface area contributed by atoms with Crippen LogP contribution >= 0.6 is 0 Å². The summed E-state index contributed by atoms with van der Waals surface area (Å²) in [6, 6.07) is 2.92. The van der Waals surface area contributed by atoms with Gasteiger partial charge in [0.1, 0.15) is 0 Å². The van der Waals surface area contributed by atoms with Crippen molar-refractivity contribution in [3.05, 3.63) is 23.5 Å². The molecule has 1 aliphatic heterocycles. The predicted octanol–water partition coefficient (Wildman–Crippen LogP) is 1.74. The van der Waals surface area contributed by atoms with Crippen molar-refractivity contribution in [2.75, 3.05) is 6.79 Å². The van der Waals surface area contributed by atoms with Gasteiger partial charge >= 0.3 is 5.97 Å². The number of hydrogen-bond donors (Lipinski definition) is 1. The fourth-order valence-corrected chi connectivity index (χ4v) is 1.42. The third kappa shape index (κ3) is 1.49. The van der Waals surface area contributed by atoms with Crippen LogP contribution in [-0.4, -0.2) is 17.9 Å². The number of carboxylic acids is 1. The van der Waals surface area contributed by atoms with Crippen LogP contribution in [0.25, 0.3) is 0 Å². The highest BCUT2D eigenvalue weighted by molar-refractivity contribution is 5.76. The molecule has 0 saturated heterocycles. The highest BCUT2D eigenvalue weighted by atomic mass is 19.1. The van der Waals surface area contributed by atoms with Crippen LogP contribution in [-0.2, 0) is 4.79 Å². The van der Waals surface area contributed by atoms with E-state index in [1.807, 2.05) is 0 Å². The molecule has 0 amide bonds. The Hall–Kier alpha value is -1.78. The minimum absolute atomic E-state index is 0.000556. The average Bonchev–Trinajstić information content (AvgIpc) is 2.66. The van der Waals surface area contributed by atoms with E-state index in [1.165, 1.54) is 19.1 Å². The number of rotatable bonds is 2. The van der Waals surface area contributed by atoms with E-state index in [0.717, 1.165) is 0 Å². The molecule has 1 atom stereocenters. The summed E-state index contributed by atoms with van der Waals surface area (Å²) in [7, 11) is 0. The number of hydrogen-bond acceptors (Lipinski definition) is 3. The summed E-state index contributed by atoms with van der Waals surface area (Å²) in [5.74, 6) is -2.32. The molecular weight excluding hydrogens is 203 g/mol. The second kappa shape index (κ2) is 3.42. The lowest BCUT2D eigenvalue weighted by molar-refractivity contribution is -0.138.